The number of rotatable bonds is 10. The third-order valence-electron chi connectivity index (χ3n) is 4.48. The number of amides is 1. The van der Waals surface area contributed by atoms with Gasteiger partial charge in [-0.2, -0.15) is 0 Å². The summed E-state index contributed by atoms with van der Waals surface area (Å²) >= 11 is 0. The van der Waals surface area contributed by atoms with Crippen LogP contribution >= 0.6 is 0 Å². The molecule has 158 valence electrons. The standard InChI is InChI=1S/C21H28N2O5S/c1-15-5-6-16(2)20(13-15)29(25,26)23-12-11-22-21(24)10-7-17-14-18(27-3)8-9-19(17)28-4/h5-6,8-9,13-14,23H,7,10-12H2,1-4H3,(H,22,24). The summed E-state index contributed by atoms with van der Waals surface area (Å²) in [5, 5.41) is 2.73. The molecule has 1 amide bonds. The minimum atomic E-state index is -3.62. The second-order valence-electron chi connectivity index (χ2n) is 6.69. The first-order valence-corrected chi connectivity index (χ1v) is 10.8. The average molecular weight is 421 g/mol. The lowest BCUT2D eigenvalue weighted by atomic mass is 10.1. The molecule has 0 aliphatic heterocycles. The van der Waals surface area contributed by atoms with E-state index in [9.17, 15) is 13.2 Å². The first kappa shape index (κ1) is 22.7. The number of ether oxygens (including phenoxy) is 2. The van der Waals surface area contributed by atoms with Gasteiger partial charge in [-0.1, -0.05) is 12.1 Å². The van der Waals surface area contributed by atoms with Crippen molar-refractivity contribution >= 4 is 15.9 Å². The van der Waals surface area contributed by atoms with Crippen LogP contribution in [0.5, 0.6) is 11.5 Å². The maximum Gasteiger partial charge on any atom is 0.240 e. The van der Waals surface area contributed by atoms with Crippen LogP contribution in [-0.4, -0.2) is 41.6 Å². The van der Waals surface area contributed by atoms with E-state index in [4.69, 9.17) is 9.47 Å². The number of benzene rings is 2. The van der Waals surface area contributed by atoms with Gasteiger partial charge < -0.3 is 14.8 Å². The molecule has 0 radical (unpaired) electrons. The molecule has 2 N–H and O–H groups in total. The molecule has 7 nitrogen and oxygen atoms in total. The van der Waals surface area contributed by atoms with Gasteiger partial charge in [0.2, 0.25) is 15.9 Å². The molecule has 0 spiro atoms. The van der Waals surface area contributed by atoms with Gasteiger partial charge in [-0.05, 0) is 61.2 Å². The Bertz CT molecular complexity index is 958. The lowest BCUT2D eigenvalue weighted by Crippen LogP contribution is -2.35. The molecule has 0 bridgehead atoms. The summed E-state index contributed by atoms with van der Waals surface area (Å²) in [4.78, 5) is 12.4. The predicted octanol–water partition coefficient (Wildman–Crippen LogP) is 2.35. The summed E-state index contributed by atoms with van der Waals surface area (Å²) in [5.74, 6) is 1.22. The van der Waals surface area contributed by atoms with Crippen molar-refractivity contribution in [2.75, 3.05) is 27.3 Å². The molecule has 2 aromatic carbocycles. The third kappa shape index (κ3) is 6.47. The highest BCUT2D eigenvalue weighted by Gasteiger charge is 2.16. The molecule has 2 aromatic rings. The van der Waals surface area contributed by atoms with E-state index < -0.39 is 10.0 Å². The maximum atomic E-state index is 12.4. The van der Waals surface area contributed by atoms with Gasteiger partial charge in [0, 0.05) is 19.5 Å². The predicted molar refractivity (Wildman–Crippen MR) is 112 cm³/mol. The molecule has 0 saturated carbocycles. The zero-order valence-corrected chi connectivity index (χ0v) is 18.1. The van der Waals surface area contributed by atoms with Gasteiger partial charge >= 0.3 is 0 Å². The highest BCUT2D eigenvalue weighted by molar-refractivity contribution is 7.89. The number of carbonyl (C=O) groups excluding carboxylic acids is 1. The maximum absolute atomic E-state index is 12.4. The van der Waals surface area contributed by atoms with Crippen LogP contribution < -0.4 is 19.5 Å². The second kappa shape index (κ2) is 10.3. The van der Waals surface area contributed by atoms with Crippen molar-refractivity contribution < 1.29 is 22.7 Å². The minimum absolute atomic E-state index is 0.115. The van der Waals surface area contributed by atoms with Crippen LogP contribution in [-0.2, 0) is 21.2 Å². The largest absolute Gasteiger partial charge is 0.497 e. The Morgan fingerprint density at radius 3 is 2.45 bits per heavy atom. The normalized spacial score (nSPS) is 11.2. The van der Waals surface area contributed by atoms with Crippen molar-refractivity contribution in [3.63, 3.8) is 0 Å². The average Bonchev–Trinajstić information content (AvgIpc) is 2.71. The van der Waals surface area contributed by atoms with Crippen molar-refractivity contribution in [2.24, 2.45) is 0 Å². The zero-order chi connectivity index (χ0) is 21.4. The van der Waals surface area contributed by atoms with Crippen LogP contribution in [0.1, 0.15) is 23.1 Å². The van der Waals surface area contributed by atoms with Crippen LogP contribution in [0.3, 0.4) is 0 Å². The summed E-state index contributed by atoms with van der Waals surface area (Å²) in [7, 11) is -0.457. The summed E-state index contributed by atoms with van der Waals surface area (Å²) in [6, 6.07) is 10.7. The summed E-state index contributed by atoms with van der Waals surface area (Å²) in [6.07, 6.45) is 0.744. The van der Waals surface area contributed by atoms with Crippen molar-refractivity contribution in [1.29, 1.82) is 0 Å². The van der Waals surface area contributed by atoms with Crippen molar-refractivity contribution in [1.82, 2.24) is 10.0 Å². The van der Waals surface area contributed by atoms with E-state index in [1.165, 1.54) is 0 Å². The number of sulfonamides is 1. The van der Waals surface area contributed by atoms with E-state index in [0.29, 0.717) is 23.5 Å². The van der Waals surface area contributed by atoms with E-state index >= 15 is 0 Å². The number of carbonyl (C=O) groups is 1. The van der Waals surface area contributed by atoms with Crippen molar-refractivity contribution in [3.05, 3.63) is 53.1 Å². The molecular weight excluding hydrogens is 392 g/mol. The Morgan fingerprint density at radius 1 is 1.00 bits per heavy atom. The molecule has 0 fully saturated rings. The van der Waals surface area contributed by atoms with Crippen LogP contribution in [0, 0.1) is 13.8 Å². The molecule has 0 saturated heterocycles. The molecule has 0 aliphatic rings. The number of methoxy groups -OCH3 is 2. The molecule has 0 aliphatic carbocycles. The molecule has 29 heavy (non-hydrogen) atoms. The first-order chi connectivity index (χ1) is 13.8. The quantitative estimate of drug-likeness (QED) is 0.576. The Kier molecular flexibility index (Phi) is 8.04. The molecule has 8 heteroatoms. The van der Waals surface area contributed by atoms with Crippen LogP contribution in [0.4, 0.5) is 0 Å². The van der Waals surface area contributed by atoms with Crippen LogP contribution in [0.15, 0.2) is 41.3 Å². The van der Waals surface area contributed by atoms with E-state index in [1.807, 2.05) is 19.1 Å². The lowest BCUT2D eigenvalue weighted by molar-refractivity contribution is -0.121. The fourth-order valence-electron chi connectivity index (χ4n) is 2.88. The Hall–Kier alpha value is -2.58. The number of hydrogen-bond donors (Lipinski definition) is 2. The Labute approximate surface area is 172 Å². The highest BCUT2D eigenvalue weighted by atomic mass is 32.2. The minimum Gasteiger partial charge on any atom is -0.497 e. The van der Waals surface area contributed by atoms with Crippen LogP contribution in [0.25, 0.3) is 0 Å². The van der Waals surface area contributed by atoms with Crippen LogP contribution in [0.2, 0.25) is 0 Å². The first-order valence-electron chi connectivity index (χ1n) is 9.31. The topological polar surface area (TPSA) is 93.7 Å². The molecule has 0 atom stereocenters. The SMILES string of the molecule is COc1ccc(OC)c(CCC(=O)NCCNS(=O)(=O)c2cc(C)ccc2C)c1. The monoisotopic (exact) mass is 420 g/mol. The molecule has 0 unspecified atom stereocenters. The summed E-state index contributed by atoms with van der Waals surface area (Å²) in [5.41, 5.74) is 2.43. The van der Waals surface area contributed by atoms with E-state index in [1.54, 1.807) is 45.4 Å². The fraction of sp³-hybridized carbons (Fsp3) is 0.381. The zero-order valence-electron chi connectivity index (χ0n) is 17.2. The van der Waals surface area contributed by atoms with E-state index in [2.05, 4.69) is 10.0 Å². The smallest absolute Gasteiger partial charge is 0.240 e. The number of aryl methyl sites for hydroxylation is 3. The molecular formula is C21H28N2O5S. The summed E-state index contributed by atoms with van der Waals surface area (Å²) in [6.45, 7) is 3.92. The van der Waals surface area contributed by atoms with Crippen molar-refractivity contribution in [2.45, 2.75) is 31.6 Å². The van der Waals surface area contributed by atoms with Gasteiger partial charge in [0.1, 0.15) is 11.5 Å². The molecule has 2 rings (SSSR count). The molecule has 0 aromatic heterocycles. The number of hydrogen-bond acceptors (Lipinski definition) is 5. The Morgan fingerprint density at radius 2 is 1.76 bits per heavy atom. The summed E-state index contributed by atoms with van der Waals surface area (Å²) < 4.78 is 37.9. The van der Waals surface area contributed by atoms with Gasteiger partial charge in [-0.25, -0.2) is 13.1 Å². The van der Waals surface area contributed by atoms with Gasteiger partial charge in [0.15, 0.2) is 0 Å². The van der Waals surface area contributed by atoms with Gasteiger partial charge in [0.05, 0.1) is 19.1 Å². The molecule has 0 heterocycles. The van der Waals surface area contributed by atoms with Gasteiger partial charge in [0.25, 0.3) is 0 Å². The van der Waals surface area contributed by atoms with Gasteiger partial charge in [-0.3, -0.25) is 4.79 Å². The van der Waals surface area contributed by atoms with E-state index in [0.717, 1.165) is 11.1 Å². The lowest BCUT2D eigenvalue weighted by Gasteiger charge is -2.12. The number of nitrogens with one attached hydrogen (secondary N) is 2. The third-order valence-corrected chi connectivity index (χ3v) is 6.08. The highest BCUT2D eigenvalue weighted by Crippen LogP contribution is 2.25. The second-order valence-corrected chi connectivity index (χ2v) is 8.43. The fourth-order valence-corrected chi connectivity index (χ4v) is 4.24. The Balaban J connectivity index is 1.82. The van der Waals surface area contributed by atoms with Crippen molar-refractivity contribution in [3.8, 4) is 11.5 Å². The van der Waals surface area contributed by atoms with Gasteiger partial charge in [-0.15, -0.1) is 0 Å². The van der Waals surface area contributed by atoms with E-state index in [-0.39, 0.29) is 30.3 Å².